The zero-order valence-electron chi connectivity index (χ0n) is 11.5. The van der Waals surface area contributed by atoms with Crippen LogP contribution >= 0.6 is 11.6 Å². The number of benzene rings is 1. The number of fused-ring (bicyclic) bond motifs is 1. The van der Waals surface area contributed by atoms with Gasteiger partial charge in [-0.3, -0.25) is 0 Å². The fourth-order valence-corrected chi connectivity index (χ4v) is 2.63. The molecule has 3 aromatic rings. The lowest BCUT2D eigenvalue weighted by Gasteiger charge is -2.02. The van der Waals surface area contributed by atoms with Gasteiger partial charge in [0.25, 0.3) is 0 Å². The summed E-state index contributed by atoms with van der Waals surface area (Å²) in [4.78, 5) is 0. The number of aryl methyl sites for hydroxylation is 1. The van der Waals surface area contributed by atoms with Crippen molar-refractivity contribution in [3.05, 3.63) is 52.5 Å². The molecule has 104 valence electrons. The summed E-state index contributed by atoms with van der Waals surface area (Å²) in [6.07, 6.45) is 2.13. The molecule has 0 amide bonds. The van der Waals surface area contributed by atoms with Gasteiger partial charge >= 0.3 is 0 Å². The van der Waals surface area contributed by atoms with E-state index in [1.807, 2.05) is 32.2 Å². The normalized spacial score (nSPS) is 11.3. The molecule has 0 spiro atoms. The third-order valence-electron chi connectivity index (χ3n) is 3.30. The summed E-state index contributed by atoms with van der Waals surface area (Å²) >= 11 is 6.12. The lowest BCUT2D eigenvalue weighted by atomic mass is 10.2. The summed E-state index contributed by atoms with van der Waals surface area (Å²) in [7, 11) is 1.94. The van der Waals surface area contributed by atoms with Gasteiger partial charge in [0.2, 0.25) is 0 Å². The molecule has 0 bridgehead atoms. The van der Waals surface area contributed by atoms with E-state index >= 15 is 0 Å². The maximum atomic E-state index is 6.12. The van der Waals surface area contributed by atoms with E-state index in [9.17, 15) is 0 Å². The highest BCUT2D eigenvalue weighted by atomic mass is 35.5. The van der Waals surface area contributed by atoms with Gasteiger partial charge in [-0.25, -0.2) is 0 Å². The highest BCUT2D eigenvalue weighted by Crippen LogP contribution is 2.25. The Hall–Kier alpha value is -1.78. The molecule has 0 saturated carbocycles. The van der Waals surface area contributed by atoms with Crippen molar-refractivity contribution < 1.29 is 4.52 Å². The van der Waals surface area contributed by atoms with E-state index in [4.69, 9.17) is 16.1 Å². The van der Waals surface area contributed by atoms with Crippen molar-refractivity contribution >= 4 is 22.5 Å². The van der Waals surface area contributed by atoms with Crippen LogP contribution < -0.4 is 5.32 Å². The average molecular weight is 290 g/mol. The Morgan fingerprint density at radius 3 is 2.90 bits per heavy atom. The summed E-state index contributed by atoms with van der Waals surface area (Å²) in [6.45, 7) is 3.39. The van der Waals surface area contributed by atoms with Crippen LogP contribution in [0.5, 0.6) is 0 Å². The molecular formula is C15H16ClN3O. The molecule has 1 aromatic carbocycles. The topological polar surface area (TPSA) is 43.0 Å². The Morgan fingerprint density at radius 1 is 1.35 bits per heavy atom. The zero-order chi connectivity index (χ0) is 14.1. The van der Waals surface area contributed by atoms with Gasteiger partial charge in [0.1, 0.15) is 0 Å². The molecule has 0 aliphatic heterocycles. The smallest absolute Gasteiger partial charge is 0.156 e. The first-order valence-electron chi connectivity index (χ1n) is 6.51. The summed E-state index contributed by atoms with van der Waals surface area (Å²) < 4.78 is 7.44. The lowest BCUT2D eigenvalue weighted by molar-refractivity contribution is 0.374. The highest BCUT2D eigenvalue weighted by molar-refractivity contribution is 6.31. The summed E-state index contributed by atoms with van der Waals surface area (Å²) in [5.41, 5.74) is 3.25. The second-order valence-electron chi connectivity index (χ2n) is 4.91. The number of rotatable bonds is 4. The maximum absolute atomic E-state index is 6.12. The van der Waals surface area contributed by atoms with Crippen molar-refractivity contribution in [1.29, 1.82) is 0 Å². The predicted octanol–water partition coefficient (Wildman–Crippen LogP) is 3.36. The quantitative estimate of drug-likeness (QED) is 0.801. The fraction of sp³-hybridized carbons (Fsp3) is 0.267. The first-order chi connectivity index (χ1) is 9.67. The lowest BCUT2D eigenvalue weighted by Crippen LogP contribution is -2.04. The molecule has 0 fully saturated rings. The van der Waals surface area contributed by atoms with Gasteiger partial charge in [0, 0.05) is 29.2 Å². The Bertz CT molecular complexity index is 745. The minimum Gasteiger partial charge on any atom is -0.359 e. The van der Waals surface area contributed by atoms with Crippen molar-refractivity contribution in [3.63, 3.8) is 0 Å². The molecule has 0 radical (unpaired) electrons. The van der Waals surface area contributed by atoms with Gasteiger partial charge in [-0.2, -0.15) is 0 Å². The molecule has 4 nitrogen and oxygen atoms in total. The number of halogens is 1. The molecule has 0 aliphatic carbocycles. The molecule has 2 heterocycles. The van der Waals surface area contributed by atoms with Crippen molar-refractivity contribution in [3.8, 4) is 0 Å². The Labute approximate surface area is 122 Å². The van der Waals surface area contributed by atoms with Crippen LogP contribution in [0, 0.1) is 6.92 Å². The fourth-order valence-electron chi connectivity index (χ4n) is 2.46. The first-order valence-corrected chi connectivity index (χ1v) is 6.89. The average Bonchev–Trinajstić information content (AvgIpc) is 2.96. The molecule has 20 heavy (non-hydrogen) atoms. The van der Waals surface area contributed by atoms with E-state index in [2.05, 4.69) is 27.3 Å². The largest absolute Gasteiger partial charge is 0.359 e. The third-order valence-corrected chi connectivity index (χ3v) is 3.53. The summed E-state index contributed by atoms with van der Waals surface area (Å²) in [6, 6.07) is 7.92. The Kier molecular flexibility index (Phi) is 3.51. The number of nitrogens with one attached hydrogen (secondary N) is 1. The SMILES string of the molecule is CNCc1cn(Cc2cc(C)no2)c2cc(Cl)ccc12. The van der Waals surface area contributed by atoms with Crippen molar-refractivity contribution in [2.45, 2.75) is 20.0 Å². The van der Waals surface area contributed by atoms with Gasteiger partial charge in [0.15, 0.2) is 5.76 Å². The number of nitrogens with zero attached hydrogens (tertiary/aromatic N) is 2. The minimum absolute atomic E-state index is 0.654. The van der Waals surface area contributed by atoms with Gasteiger partial charge in [-0.15, -0.1) is 0 Å². The van der Waals surface area contributed by atoms with E-state index in [-0.39, 0.29) is 0 Å². The second-order valence-corrected chi connectivity index (χ2v) is 5.35. The molecule has 0 aliphatic rings. The van der Waals surface area contributed by atoms with Gasteiger partial charge in [0.05, 0.1) is 17.8 Å². The summed E-state index contributed by atoms with van der Waals surface area (Å²) in [5, 5.41) is 9.06. The van der Waals surface area contributed by atoms with Gasteiger partial charge in [-0.05, 0) is 31.7 Å². The van der Waals surface area contributed by atoms with Crippen LogP contribution in [0.2, 0.25) is 5.02 Å². The maximum Gasteiger partial charge on any atom is 0.156 e. The zero-order valence-corrected chi connectivity index (χ0v) is 12.2. The number of hydrogen-bond donors (Lipinski definition) is 1. The summed E-state index contributed by atoms with van der Waals surface area (Å²) in [5.74, 6) is 0.843. The van der Waals surface area contributed by atoms with Crippen LogP contribution in [-0.4, -0.2) is 16.8 Å². The van der Waals surface area contributed by atoms with Gasteiger partial charge in [-0.1, -0.05) is 22.8 Å². The van der Waals surface area contributed by atoms with Crippen molar-refractivity contribution in [2.24, 2.45) is 0 Å². The number of hydrogen-bond acceptors (Lipinski definition) is 3. The molecule has 0 saturated heterocycles. The van der Waals surface area contributed by atoms with Crippen LogP contribution in [0.25, 0.3) is 10.9 Å². The minimum atomic E-state index is 0.654. The molecule has 0 atom stereocenters. The van der Waals surface area contributed by atoms with Crippen LogP contribution in [0.4, 0.5) is 0 Å². The Balaban J connectivity index is 2.06. The van der Waals surface area contributed by atoms with Crippen LogP contribution in [0.15, 0.2) is 35.0 Å². The van der Waals surface area contributed by atoms with E-state index in [0.29, 0.717) is 6.54 Å². The standard InChI is InChI=1S/C15H16ClN3O/c1-10-5-13(20-18-10)9-19-8-11(7-17-2)14-4-3-12(16)6-15(14)19/h3-6,8,17H,7,9H2,1-2H3. The van der Waals surface area contributed by atoms with Gasteiger partial charge < -0.3 is 14.4 Å². The molecule has 5 heteroatoms. The van der Waals surface area contributed by atoms with Crippen molar-refractivity contribution in [2.75, 3.05) is 7.05 Å². The van der Waals surface area contributed by atoms with Crippen LogP contribution in [0.3, 0.4) is 0 Å². The molecule has 3 rings (SSSR count). The number of aromatic nitrogens is 2. The Morgan fingerprint density at radius 2 is 2.20 bits per heavy atom. The molecule has 0 unspecified atom stereocenters. The highest BCUT2D eigenvalue weighted by Gasteiger charge is 2.10. The van der Waals surface area contributed by atoms with E-state index in [1.54, 1.807) is 0 Å². The molecule has 1 N–H and O–H groups in total. The first kappa shape index (κ1) is 13.2. The van der Waals surface area contributed by atoms with Crippen LogP contribution in [-0.2, 0) is 13.1 Å². The third kappa shape index (κ3) is 2.44. The van der Waals surface area contributed by atoms with Crippen molar-refractivity contribution in [1.82, 2.24) is 15.0 Å². The predicted molar refractivity (Wildman–Crippen MR) is 80.1 cm³/mol. The van der Waals surface area contributed by atoms with Crippen LogP contribution in [0.1, 0.15) is 17.0 Å². The monoisotopic (exact) mass is 289 g/mol. The molecular weight excluding hydrogens is 274 g/mol. The van der Waals surface area contributed by atoms with E-state index < -0.39 is 0 Å². The molecule has 2 aromatic heterocycles. The second kappa shape index (κ2) is 5.31. The van der Waals surface area contributed by atoms with E-state index in [1.165, 1.54) is 10.9 Å². The van der Waals surface area contributed by atoms with E-state index in [0.717, 1.165) is 28.5 Å².